The molecule has 26 heavy (non-hydrogen) atoms. The van der Waals surface area contributed by atoms with Gasteiger partial charge in [0.25, 0.3) is 0 Å². The van der Waals surface area contributed by atoms with Crippen LogP contribution >= 0.6 is 0 Å². The summed E-state index contributed by atoms with van der Waals surface area (Å²) in [6, 6.07) is 8.83. The summed E-state index contributed by atoms with van der Waals surface area (Å²) in [7, 11) is -1.67. The highest BCUT2D eigenvalue weighted by atomic mass is 32.2. The Balaban J connectivity index is 1.46. The molecule has 0 radical (unpaired) electrons. The summed E-state index contributed by atoms with van der Waals surface area (Å²) in [6.07, 6.45) is 2.95. The smallest absolute Gasteiger partial charge is 0.243 e. The van der Waals surface area contributed by atoms with Gasteiger partial charge < -0.3 is 5.32 Å². The molecular weight excluding hydrogens is 352 g/mol. The molecule has 2 aromatic rings. The molecule has 1 N–H and O–H groups in total. The molecule has 1 aromatic heterocycles. The van der Waals surface area contributed by atoms with Crippen molar-refractivity contribution in [2.75, 3.05) is 13.1 Å². The summed E-state index contributed by atoms with van der Waals surface area (Å²) in [5.41, 5.74) is 1.84. The van der Waals surface area contributed by atoms with E-state index in [9.17, 15) is 13.2 Å². The second-order valence-electron chi connectivity index (χ2n) is 6.75. The number of nitrogens with one attached hydrogen (secondary N) is 1. The van der Waals surface area contributed by atoms with E-state index in [4.69, 9.17) is 0 Å². The summed E-state index contributed by atoms with van der Waals surface area (Å²) in [5, 5.41) is 6.99. The topological polar surface area (TPSA) is 84.3 Å². The zero-order valence-corrected chi connectivity index (χ0v) is 15.2. The van der Waals surface area contributed by atoms with Crippen molar-refractivity contribution in [3.05, 3.63) is 49.2 Å². The molecule has 1 aliphatic carbocycles. The number of hydrogen-bond donors (Lipinski definition) is 1. The minimum atomic E-state index is -3.52. The predicted molar refractivity (Wildman–Crippen MR) is 96.5 cm³/mol. The average Bonchev–Trinajstić information content (AvgIpc) is 2.99. The molecule has 7 nitrogen and oxygen atoms in total. The van der Waals surface area contributed by atoms with Crippen molar-refractivity contribution in [3.63, 3.8) is 0 Å². The van der Waals surface area contributed by atoms with Crippen molar-refractivity contribution in [2.45, 2.75) is 10.9 Å². The Morgan fingerprint density at radius 3 is 2.42 bits per heavy atom. The lowest BCUT2D eigenvalue weighted by Gasteiger charge is -2.20. The van der Waals surface area contributed by atoms with Gasteiger partial charge in [-0.15, -0.1) is 0 Å². The first-order valence-corrected chi connectivity index (χ1v) is 9.87. The molecule has 4 rings (SSSR count). The minimum Gasteiger partial charge on any atom is -0.349 e. The minimum absolute atomic E-state index is 0.0687. The van der Waals surface area contributed by atoms with E-state index in [2.05, 4.69) is 17.0 Å². The van der Waals surface area contributed by atoms with Crippen molar-refractivity contribution in [3.8, 4) is 11.3 Å². The summed E-state index contributed by atoms with van der Waals surface area (Å²) >= 11 is 0. The van der Waals surface area contributed by atoms with E-state index in [1.54, 1.807) is 35.1 Å². The van der Waals surface area contributed by atoms with Gasteiger partial charge in [-0.3, -0.25) is 9.48 Å². The lowest BCUT2D eigenvalue weighted by molar-refractivity contribution is -0.116. The molecule has 8 heteroatoms. The van der Waals surface area contributed by atoms with Crippen molar-refractivity contribution >= 4 is 15.9 Å². The zero-order chi connectivity index (χ0) is 18.5. The number of nitrogens with zero attached hydrogens (tertiary/aromatic N) is 3. The van der Waals surface area contributed by atoms with Crippen LogP contribution in [0.3, 0.4) is 0 Å². The van der Waals surface area contributed by atoms with Crippen LogP contribution in [-0.4, -0.2) is 47.5 Å². The fourth-order valence-electron chi connectivity index (χ4n) is 3.73. The van der Waals surface area contributed by atoms with Gasteiger partial charge in [0.1, 0.15) is 0 Å². The van der Waals surface area contributed by atoms with Crippen LogP contribution < -0.4 is 5.32 Å². The van der Waals surface area contributed by atoms with Gasteiger partial charge in [0.15, 0.2) is 0 Å². The first kappa shape index (κ1) is 17.0. The van der Waals surface area contributed by atoms with Crippen LogP contribution in [0.2, 0.25) is 0 Å². The maximum atomic E-state index is 12.9. The van der Waals surface area contributed by atoms with Crippen LogP contribution in [0.25, 0.3) is 11.3 Å². The molecule has 1 saturated heterocycles. The summed E-state index contributed by atoms with van der Waals surface area (Å²) < 4.78 is 29.0. The van der Waals surface area contributed by atoms with E-state index in [0.717, 1.165) is 11.3 Å². The Morgan fingerprint density at radius 2 is 1.88 bits per heavy atom. The highest BCUT2D eigenvalue weighted by Gasteiger charge is 2.58. The van der Waals surface area contributed by atoms with E-state index in [1.807, 2.05) is 13.1 Å². The molecule has 1 aromatic carbocycles. The van der Waals surface area contributed by atoms with Crippen LogP contribution in [0.5, 0.6) is 0 Å². The number of aryl methyl sites for hydroxylation is 1. The van der Waals surface area contributed by atoms with Gasteiger partial charge in [-0.1, -0.05) is 18.7 Å². The molecule has 136 valence electrons. The number of aromatic nitrogens is 2. The Morgan fingerprint density at radius 1 is 1.23 bits per heavy atom. The van der Waals surface area contributed by atoms with Gasteiger partial charge in [0, 0.05) is 32.4 Å². The lowest BCUT2D eigenvalue weighted by Crippen LogP contribution is -2.36. The number of piperidine rings is 1. The number of hydrogen-bond acceptors (Lipinski definition) is 4. The maximum absolute atomic E-state index is 12.9. The van der Waals surface area contributed by atoms with E-state index in [1.165, 1.54) is 10.4 Å². The fourth-order valence-corrected chi connectivity index (χ4v) is 5.24. The normalized spacial score (nSPS) is 24.9. The molecule has 1 aliphatic heterocycles. The van der Waals surface area contributed by atoms with E-state index < -0.39 is 10.0 Å². The zero-order valence-electron chi connectivity index (χ0n) is 14.4. The van der Waals surface area contributed by atoms with E-state index >= 15 is 0 Å². The third-order valence-corrected chi connectivity index (χ3v) is 7.11. The highest BCUT2D eigenvalue weighted by Crippen LogP contribution is 2.47. The molecule has 2 aliphatic rings. The highest BCUT2D eigenvalue weighted by molar-refractivity contribution is 7.89. The van der Waals surface area contributed by atoms with Gasteiger partial charge in [0.05, 0.1) is 10.6 Å². The molecule has 2 fully saturated rings. The van der Waals surface area contributed by atoms with Crippen LogP contribution in [-0.2, 0) is 21.9 Å². The second kappa shape index (κ2) is 6.07. The van der Waals surface area contributed by atoms with Gasteiger partial charge in [0.2, 0.25) is 15.9 Å². The number of amides is 1. The Bertz CT molecular complexity index is 953. The van der Waals surface area contributed by atoms with Crippen molar-refractivity contribution in [1.29, 1.82) is 0 Å². The standard InChI is InChI=1S/C18H20N4O3S/c1-3-17(23)20-18-14-10-22(11-15(14)18)26(24,25)13-6-4-12(5-7-13)16-8-9-19-21(16)2/h3-9,14-15,18H,1,10-11H2,2H3,(H,20,23). The van der Waals surface area contributed by atoms with Gasteiger partial charge >= 0.3 is 0 Å². The van der Waals surface area contributed by atoms with Crippen molar-refractivity contribution in [2.24, 2.45) is 18.9 Å². The quantitative estimate of drug-likeness (QED) is 0.794. The number of carbonyl (C=O) groups is 1. The summed E-state index contributed by atoms with van der Waals surface area (Å²) in [6.45, 7) is 4.32. The Hall–Kier alpha value is -2.45. The molecule has 0 bridgehead atoms. The number of fused-ring (bicyclic) bond motifs is 1. The van der Waals surface area contributed by atoms with Crippen molar-refractivity contribution in [1.82, 2.24) is 19.4 Å². The fraction of sp³-hybridized carbons (Fsp3) is 0.333. The third kappa shape index (κ3) is 2.75. The van der Waals surface area contributed by atoms with Gasteiger partial charge in [-0.05, 0) is 41.7 Å². The number of sulfonamides is 1. The van der Waals surface area contributed by atoms with Crippen LogP contribution in [0.15, 0.2) is 54.1 Å². The molecule has 1 amide bonds. The Labute approximate surface area is 152 Å². The predicted octanol–water partition coefficient (Wildman–Crippen LogP) is 1.01. The lowest BCUT2D eigenvalue weighted by atomic mass is 10.1. The van der Waals surface area contributed by atoms with E-state index in [-0.39, 0.29) is 28.7 Å². The first-order valence-electron chi connectivity index (χ1n) is 8.43. The summed E-state index contributed by atoms with van der Waals surface area (Å²) in [4.78, 5) is 11.7. The van der Waals surface area contributed by atoms with Crippen LogP contribution in [0.4, 0.5) is 0 Å². The Kier molecular flexibility index (Phi) is 3.96. The monoisotopic (exact) mass is 372 g/mol. The average molecular weight is 372 g/mol. The largest absolute Gasteiger partial charge is 0.349 e. The van der Waals surface area contributed by atoms with Crippen LogP contribution in [0.1, 0.15) is 0 Å². The molecule has 2 atom stereocenters. The number of rotatable bonds is 5. The van der Waals surface area contributed by atoms with Gasteiger partial charge in [-0.25, -0.2) is 8.42 Å². The molecule has 2 unspecified atom stereocenters. The molecular formula is C18H20N4O3S. The first-order chi connectivity index (χ1) is 12.4. The van der Waals surface area contributed by atoms with Crippen LogP contribution in [0, 0.1) is 11.8 Å². The van der Waals surface area contributed by atoms with E-state index in [0.29, 0.717) is 13.1 Å². The number of carbonyl (C=O) groups excluding carboxylic acids is 1. The molecule has 0 spiro atoms. The third-order valence-electron chi connectivity index (χ3n) is 5.26. The van der Waals surface area contributed by atoms with Gasteiger partial charge in [-0.2, -0.15) is 9.40 Å². The van der Waals surface area contributed by atoms with Crippen molar-refractivity contribution < 1.29 is 13.2 Å². The SMILES string of the molecule is C=CC(=O)NC1C2CN(S(=O)(=O)c3ccc(-c4ccnn4C)cc3)CC21. The second-order valence-corrected chi connectivity index (χ2v) is 8.69. The number of benzene rings is 1. The summed E-state index contributed by atoms with van der Waals surface area (Å²) in [5.74, 6) is 0.189. The molecule has 1 saturated carbocycles. The molecule has 2 heterocycles. The maximum Gasteiger partial charge on any atom is 0.243 e.